The number of ether oxygens (including phenoxy) is 3. The molecule has 3 aromatic rings. The van der Waals surface area contributed by atoms with E-state index in [1.54, 1.807) is 0 Å². The second-order valence-electron chi connectivity index (χ2n) is 9.09. The highest BCUT2D eigenvalue weighted by Crippen LogP contribution is 2.34. The Labute approximate surface area is 204 Å². The Morgan fingerprint density at radius 2 is 1.79 bits per heavy atom. The van der Waals surface area contributed by atoms with Crippen molar-refractivity contribution in [2.45, 2.75) is 50.1 Å². The monoisotopic (exact) mass is 480 g/mol. The SMILES string of the molecule is OCC1CC(O)CC(c2ccc(Cl)c(Cc3ccc(OCC4Cc5ccccc5O4)cc3)c2)O1. The largest absolute Gasteiger partial charge is 0.490 e. The van der Waals surface area contributed by atoms with E-state index in [-0.39, 0.29) is 24.9 Å². The summed E-state index contributed by atoms with van der Waals surface area (Å²) in [5, 5.41) is 20.3. The van der Waals surface area contributed by atoms with Gasteiger partial charge < -0.3 is 24.4 Å². The van der Waals surface area contributed by atoms with Crippen molar-refractivity contribution < 1.29 is 24.4 Å². The number of aliphatic hydroxyl groups excluding tert-OH is 2. The molecule has 4 atom stereocenters. The standard InChI is InChI=1S/C28H29ClO5/c29-26-10-7-20(28-15-22(31)14-24(16-30)33-28)12-21(26)11-18-5-8-23(9-6-18)32-17-25-13-19-3-1-2-4-27(19)34-25/h1-10,12,22,24-25,28,30-31H,11,13-17H2. The minimum Gasteiger partial charge on any atom is -0.490 e. The summed E-state index contributed by atoms with van der Waals surface area (Å²) in [6, 6.07) is 22.0. The van der Waals surface area contributed by atoms with Crippen molar-refractivity contribution in [3.8, 4) is 11.5 Å². The van der Waals surface area contributed by atoms with Crippen LogP contribution in [0.15, 0.2) is 66.7 Å². The van der Waals surface area contributed by atoms with Gasteiger partial charge in [0.2, 0.25) is 0 Å². The van der Waals surface area contributed by atoms with Crippen LogP contribution in [0.1, 0.15) is 41.2 Å². The van der Waals surface area contributed by atoms with Crippen molar-refractivity contribution >= 4 is 11.6 Å². The maximum Gasteiger partial charge on any atom is 0.137 e. The summed E-state index contributed by atoms with van der Waals surface area (Å²) in [6.45, 7) is 0.409. The Hall–Kier alpha value is -2.57. The van der Waals surface area contributed by atoms with Gasteiger partial charge in [-0.25, -0.2) is 0 Å². The van der Waals surface area contributed by atoms with Gasteiger partial charge in [0.1, 0.15) is 24.2 Å². The number of benzene rings is 3. The number of fused-ring (bicyclic) bond motifs is 1. The molecule has 0 amide bonds. The molecule has 0 aliphatic carbocycles. The number of halogens is 1. The van der Waals surface area contributed by atoms with Gasteiger partial charge in [0.05, 0.1) is 24.9 Å². The lowest BCUT2D eigenvalue weighted by molar-refractivity contribution is -0.113. The molecule has 2 heterocycles. The van der Waals surface area contributed by atoms with Crippen LogP contribution in [0.3, 0.4) is 0 Å². The van der Waals surface area contributed by atoms with E-state index in [4.69, 9.17) is 25.8 Å². The molecule has 4 unspecified atom stereocenters. The average Bonchev–Trinajstić information content (AvgIpc) is 3.27. The predicted molar refractivity (Wildman–Crippen MR) is 131 cm³/mol. The maximum absolute atomic E-state index is 10.1. The number of aliphatic hydroxyl groups is 2. The molecule has 178 valence electrons. The van der Waals surface area contributed by atoms with Crippen LogP contribution in [-0.2, 0) is 17.6 Å². The van der Waals surface area contributed by atoms with Crippen LogP contribution in [0, 0.1) is 0 Å². The lowest BCUT2D eigenvalue weighted by Crippen LogP contribution is -2.33. The van der Waals surface area contributed by atoms with Crippen LogP contribution >= 0.6 is 11.6 Å². The first-order valence-corrected chi connectivity index (χ1v) is 12.1. The fourth-order valence-electron chi connectivity index (χ4n) is 4.71. The number of para-hydroxylation sites is 1. The molecule has 0 bridgehead atoms. The number of hydrogen-bond donors (Lipinski definition) is 2. The molecule has 2 N–H and O–H groups in total. The third-order valence-electron chi connectivity index (χ3n) is 6.49. The summed E-state index contributed by atoms with van der Waals surface area (Å²) in [4.78, 5) is 0. The Morgan fingerprint density at radius 3 is 2.59 bits per heavy atom. The smallest absolute Gasteiger partial charge is 0.137 e. The van der Waals surface area contributed by atoms with Gasteiger partial charge in [0.15, 0.2) is 0 Å². The van der Waals surface area contributed by atoms with Crippen LogP contribution in [0.25, 0.3) is 0 Å². The van der Waals surface area contributed by atoms with Crippen LogP contribution in [0.4, 0.5) is 0 Å². The zero-order chi connectivity index (χ0) is 23.5. The maximum atomic E-state index is 10.1. The predicted octanol–water partition coefficient (Wildman–Crippen LogP) is 4.89. The van der Waals surface area contributed by atoms with Gasteiger partial charge in [-0.1, -0.05) is 54.1 Å². The molecular weight excluding hydrogens is 452 g/mol. The number of hydrogen-bond acceptors (Lipinski definition) is 5. The van der Waals surface area contributed by atoms with Crippen molar-refractivity contribution in [2.24, 2.45) is 0 Å². The van der Waals surface area contributed by atoms with Gasteiger partial charge >= 0.3 is 0 Å². The van der Waals surface area contributed by atoms with E-state index in [0.29, 0.717) is 30.9 Å². The fourth-order valence-corrected chi connectivity index (χ4v) is 4.90. The van der Waals surface area contributed by atoms with Gasteiger partial charge in [-0.3, -0.25) is 0 Å². The summed E-state index contributed by atoms with van der Waals surface area (Å²) in [7, 11) is 0. The third-order valence-corrected chi connectivity index (χ3v) is 6.86. The molecule has 2 aliphatic rings. The average molecular weight is 481 g/mol. The molecule has 0 radical (unpaired) electrons. The zero-order valence-electron chi connectivity index (χ0n) is 18.9. The first-order valence-electron chi connectivity index (χ1n) is 11.8. The molecular formula is C28H29ClO5. The van der Waals surface area contributed by atoms with Crippen LogP contribution in [-0.4, -0.2) is 41.7 Å². The highest BCUT2D eigenvalue weighted by Gasteiger charge is 2.29. The lowest BCUT2D eigenvalue weighted by Gasteiger charge is -2.32. The fraction of sp³-hybridized carbons (Fsp3) is 0.357. The minimum absolute atomic E-state index is 0.0320. The van der Waals surface area contributed by atoms with Crippen molar-refractivity contribution in [2.75, 3.05) is 13.2 Å². The van der Waals surface area contributed by atoms with Crippen molar-refractivity contribution in [3.05, 3.63) is 94.0 Å². The van der Waals surface area contributed by atoms with E-state index in [1.807, 2.05) is 60.7 Å². The second kappa shape index (κ2) is 10.4. The Kier molecular flexibility index (Phi) is 7.07. The Balaban J connectivity index is 1.20. The first kappa shape index (κ1) is 23.2. The number of rotatable bonds is 7. The van der Waals surface area contributed by atoms with Crippen LogP contribution in [0.5, 0.6) is 11.5 Å². The van der Waals surface area contributed by atoms with Crippen LogP contribution in [0.2, 0.25) is 5.02 Å². The van der Waals surface area contributed by atoms with Gasteiger partial charge in [0, 0.05) is 24.3 Å². The quantitative estimate of drug-likeness (QED) is 0.504. The minimum atomic E-state index is -0.480. The Morgan fingerprint density at radius 1 is 0.971 bits per heavy atom. The summed E-state index contributed by atoms with van der Waals surface area (Å²) >= 11 is 6.49. The van der Waals surface area contributed by atoms with Crippen LogP contribution < -0.4 is 9.47 Å². The second-order valence-corrected chi connectivity index (χ2v) is 9.50. The molecule has 5 nitrogen and oxygen atoms in total. The molecule has 1 fully saturated rings. The molecule has 34 heavy (non-hydrogen) atoms. The molecule has 3 aromatic carbocycles. The Bertz CT molecular complexity index is 1090. The molecule has 5 rings (SSSR count). The van der Waals surface area contributed by atoms with Gasteiger partial charge in [0.25, 0.3) is 0 Å². The van der Waals surface area contributed by atoms with E-state index in [0.717, 1.165) is 34.6 Å². The molecule has 0 spiro atoms. The molecule has 2 aliphatic heterocycles. The zero-order valence-corrected chi connectivity index (χ0v) is 19.7. The highest BCUT2D eigenvalue weighted by molar-refractivity contribution is 6.31. The van der Waals surface area contributed by atoms with Gasteiger partial charge in [-0.05, 0) is 52.9 Å². The first-order chi connectivity index (χ1) is 16.6. The summed E-state index contributed by atoms with van der Waals surface area (Å²) in [5.74, 6) is 1.76. The summed E-state index contributed by atoms with van der Waals surface area (Å²) in [5.41, 5.74) is 4.31. The van der Waals surface area contributed by atoms with E-state index < -0.39 is 6.10 Å². The van der Waals surface area contributed by atoms with E-state index in [2.05, 4.69) is 6.07 Å². The van der Waals surface area contributed by atoms with E-state index >= 15 is 0 Å². The van der Waals surface area contributed by atoms with E-state index in [9.17, 15) is 10.2 Å². The van der Waals surface area contributed by atoms with Crippen molar-refractivity contribution in [1.82, 2.24) is 0 Å². The highest BCUT2D eigenvalue weighted by atomic mass is 35.5. The summed E-state index contributed by atoms with van der Waals surface area (Å²) < 4.78 is 17.9. The van der Waals surface area contributed by atoms with Gasteiger partial charge in [-0.2, -0.15) is 0 Å². The molecule has 6 heteroatoms. The van der Waals surface area contributed by atoms with Crippen molar-refractivity contribution in [3.63, 3.8) is 0 Å². The van der Waals surface area contributed by atoms with E-state index in [1.165, 1.54) is 5.56 Å². The normalized spacial score (nSPS) is 23.9. The summed E-state index contributed by atoms with van der Waals surface area (Å²) in [6.07, 6.45) is 1.47. The lowest BCUT2D eigenvalue weighted by atomic mass is 9.94. The van der Waals surface area contributed by atoms with Crippen molar-refractivity contribution in [1.29, 1.82) is 0 Å². The third kappa shape index (κ3) is 5.39. The molecule has 0 saturated carbocycles. The molecule has 0 aromatic heterocycles. The molecule has 1 saturated heterocycles. The van der Waals surface area contributed by atoms with Gasteiger partial charge in [-0.15, -0.1) is 0 Å². The topological polar surface area (TPSA) is 68.2 Å².